The summed E-state index contributed by atoms with van der Waals surface area (Å²) in [6.07, 6.45) is 5.63. The van der Waals surface area contributed by atoms with Crippen molar-refractivity contribution in [2.45, 2.75) is 19.1 Å². The van der Waals surface area contributed by atoms with Crippen LogP contribution in [0.3, 0.4) is 0 Å². The van der Waals surface area contributed by atoms with E-state index in [9.17, 15) is 0 Å². The van der Waals surface area contributed by atoms with Crippen LogP contribution in [0.4, 0.5) is 0 Å². The monoisotopic (exact) mass is 236 g/mol. The maximum Gasteiger partial charge on any atom is 0.151 e. The molecule has 0 saturated heterocycles. The highest BCUT2D eigenvalue weighted by atomic mass is 16.5. The number of ether oxygens (including phenoxy) is 1. The smallest absolute Gasteiger partial charge is 0.151 e. The number of terminal acetylenes is 1. The first-order valence-corrected chi connectivity index (χ1v) is 5.96. The molecule has 0 saturated carbocycles. The second-order valence-electron chi connectivity index (χ2n) is 4.32. The molecule has 2 rings (SSSR count). The van der Waals surface area contributed by atoms with Gasteiger partial charge in [0.15, 0.2) is 5.60 Å². The summed E-state index contributed by atoms with van der Waals surface area (Å²) in [4.78, 5) is 0. The first kappa shape index (κ1) is 12.4. The van der Waals surface area contributed by atoms with Gasteiger partial charge in [-0.1, -0.05) is 66.6 Å². The molecule has 0 aromatic heterocycles. The van der Waals surface area contributed by atoms with Gasteiger partial charge < -0.3 is 4.74 Å². The third-order valence-corrected chi connectivity index (χ3v) is 2.97. The minimum Gasteiger partial charge on any atom is -0.354 e. The average molecular weight is 236 g/mol. The molecule has 0 heterocycles. The molecule has 2 aromatic carbocycles. The Bertz CT molecular complexity index is 525. The van der Waals surface area contributed by atoms with E-state index in [1.807, 2.05) is 67.6 Å². The molecule has 0 fully saturated rings. The Kier molecular flexibility index (Phi) is 3.82. The average Bonchev–Trinajstić information content (AvgIpc) is 2.47. The third-order valence-electron chi connectivity index (χ3n) is 2.97. The molecular formula is C17H16O. The molecule has 1 heteroatoms. The number of hydrogen-bond donors (Lipinski definition) is 0. The second kappa shape index (κ2) is 5.53. The summed E-state index contributed by atoms with van der Waals surface area (Å²) < 4.78 is 5.91. The Morgan fingerprint density at radius 1 is 1.00 bits per heavy atom. The van der Waals surface area contributed by atoms with Gasteiger partial charge in [0.25, 0.3) is 0 Å². The van der Waals surface area contributed by atoms with Crippen molar-refractivity contribution in [1.82, 2.24) is 0 Å². The van der Waals surface area contributed by atoms with E-state index in [1.165, 1.54) is 0 Å². The van der Waals surface area contributed by atoms with Gasteiger partial charge in [-0.2, -0.15) is 0 Å². The van der Waals surface area contributed by atoms with E-state index in [-0.39, 0.29) is 0 Å². The minimum atomic E-state index is -0.683. The molecule has 0 N–H and O–H groups in total. The van der Waals surface area contributed by atoms with Crippen molar-refractivity contribution in [3.63, 3.8) is 0 Å². The van der Waals surface area contributed by atoms with Gasteiger partial charge in [0, 0.05) is 0 Å². The summed E-state index contributed by atoms with van der Waals surface area (Å²) >= 11 is 0. The van der Waals surface area contributed by atoms with Gasteiger partial charge in [-0.05, 0) is 18.1 Å². The first-order valence-electron chi connectivity index (χ1n) is 5.96. The van der Waals surface area contributed by atoms with Crippen LogP contribution in [0.5, 0.6) is 0 Å². The van der Waals surface area contributed by atoms with Crippen LogP contribution < -0.4 is 0 Å². The standard InChI is InChI=1S/C17H16O/c1-3-17(2,16-12-8-5-9-13-16)18-14-15-10-6-4-7-11-15/h1,4-13H,14H2,2H3. The normalized spacial score (nSPS) is 13.6. The molecule has 0 aliphatic heterocycles. The van der Waals surface area contributed by atoms with Gasteiger partial charge in [0.05, 0.1) is 6.61 Å². The number of rotatable bonds is 4. The van der Waals surface area contributed by atoms with Crippen molar-refractivity contribution >= 4 is 0 Å². The molecule has 0 spiro atoms. The molecule has 1 atom stereocenters. The van der Waals surface area contributed by atoms with Gasteiger partial charge in [0.2, 0.25) is 0 Å². The zero-order chi connectivity index (χ0) is 12.8. The van der Waals surface area contributed by atoms with Crippen molar-refractivity contribution in [3.8, 4) is 12.3 Å². The molecule has 2 aromatic rings. The van der Waals surface area contributed by atoms with Crippen LogP contribution in [0.1, 0.15) is 18.1 Å². The Morgan fingerprint density at radius 2 is 1.56 bits per heavy atom. The fraction of sp³-hybridized carbons (Fsp3) is 0.176. The maximum absolute atomic E-state index is 5.91. The maximum atomic E-state index is 5.91. The Morgan fingerprint density at radius 3 is 2.11 bits per heavy atom. The Hall–Kier alpha value is -2.04. The molecule has 1 nitrogen and oxygen atoms in total. The lowest BCUT2D eigenvalue weighted by Gasteiger charge is -2.24. The highest BCUT2D eigenvalue weighted by molar-refractivity contribution is 5.29. The van der Waals surface area contributed by atoms with Crippen molar-refractivity contribution in [1.29, 1.82) is 0 Å². The van der Waals surface area contributed by atoms with E-state index in [0.717, 1.165) is 11.1 Å². The van der Waals surface area contributed by atoms with E-state index < -0.39 is 5.60 Å². The molecule has 90 valence electrons. The highest BCUT2D eigenvalue weighted by Gasteiger charge is 2.24. The van der Waals surface area contributed by atoms with Crippen molar-refractivity contribution in [3.05, 3.63) is 71.8 Å². The molecule has 0 radical (unpaired) electrons. The summed E-state index contributed by atoms with van der Waals surface area (Å²) in [6.45, 7) is 2.43. The van der Waals surface area contributed by atoms with E-state index >= 15 is 0 Å². The van der Waals surface area contributed by atoms with Crippen LogP contribution >= 0.6 is 0 Å². The summed E-state index contributed by atoms with van der Waals surface area (Å²) in [5.74, 6) is 2.74. The van der Waals surface area contributed by atoms with Crippen LogP contribution in [0, 0.1) is 12.3 Å². The summed E-state index contributed by atoms with van der Waals surface area (Å²) in [7, 11) is 0. The van der Waals surface area contributed by atoms with Crippen LogP contribution in [0.25, 0.3) is 0 Å². The van der Waals surface area contributed by atoms with E-state index in [4.69, 9.17) is 11.2 Å². The van der Waals surface area contributed by atoms with Crippen LogP contribution in [0.2, 0.25) is 0 Å². The van der Waals surface area contributed by atoms with Crippen molar-refractivity contribution < 1.29 is 4.74 Å². The van der Waals surface area contributed by atoms with Crippen molar-refractivity contribution in [2.24, 2.45) is 0 Å². The van der Waals surface area contributed by atoms with Gasteiger partial charge in [0.1, 0.15) is 0 Å². The van der Waals surface area contributed by atoms with E-state index in [1.54, 1.807) is 0 Å². The fourth-order valence-electron chi connectivity index (χ4n) is 1.77. The Balaban J connectivity index is 2.13. The molecule has 0 bridgehead atoms. The first-order chi connectivity index (χ1) is 8.74. The molecule has 18 heavy (non-hydrogen) atoms. The summed E-state index contributed by atoms with van der Waals surface area (Å²) in [6, 6.07) is 19.9. The highest BCUT2D eigenvalue weighted by Crippen LogP contribution is 2.25. The van der Waals surface area contributed by atoms with Crippen LogP contribution in [0.15, 0.2) is 60.7 Å². The second-order valence-corrected chi connectivity index (χ2v) is 4.32. The zero-order valence-corrected chi connectivity index (χ0v) is 10.5. The van der Waals surface area contributed by atoms with E-state index in [2.05, 4.69) is 5.92 Å². The lowest BCUT2D eigenvalue weighted by atomic mass is 9.97. The Labute approximate surface area is 108 Å². The number of benzene rings is 2. The van der Waals surface area contributed by atoms with Gasteiger partial charge >= 0.3 is 0 Å². The van der Waals surface area contributed by atoms with Gasteiger partial charge in [-0.15, -0.1) is 6.42 Å². The SMILES string of the molecule is C#CC(C)(OCc1ccccc1)c1ccccc1. The topological polar surface area (TPSA) is 9.23 Å². The predicted octanol–water partition coefficient (Wildman–Crippen LogP) is 3.75. The quantitative estimate of drug-likeness (QED) is 0.735. The van der Waals surface area contributed by atoms with Crippen LogP contribution in [-0.2, 0) is 16.9 Å². The third kappa shape index (κ3) is 2.80. The predicted molar refractivity (Wildman–Crippen MR) is 73.9 cm³/mol. The minimum absolute atomic E-state index is 0.510. The molecule has 0 aliphatic rings. The molecular weight excluding hydrogens is 220 g/mol. The molecule has 1 unspecified atom stereocenters. The van der Waals surface area contributed by atoms with Crippen LogP contribution in [-0.4, -0.2) is 0 Å². The lowest BCUT2D eigenvalue weighted by molar-refractivity contribution is -0.00274. The van der Waals surface area contributed by atoms with Gasteiger partial charge in [-0.25, -0.2) is 0 Å². The van der Waals surface area contributed by atoms with Crippen molar-refractivity contribution in [2.75, 3.05) is 0 Å². The lowest BCUT2D eigenvalue weighted by Crippen LogP contribution is -2.23. The summed E-state index contributed by atoms with van der Waals surface area (Å²) in [5.41, 5.74) is 1.44. The van der Waals surface area contributed by atoms with E-state index in [0.29, 0.717) is 6.61 Å². The van der Waals surface area contributed by atoms with Gasteiger partial charge in [-0.3, -0.25) is 0 Å². The zero-order valence-electron chi connectivity index (χ0n) is 10.5. The number of hydrogen-bond acceptors (Lipinski definition) is 1. The molecule has 0 aliphatic carbocycles. The molecule has 0 amide bonds. The largest absolute Gasteiger partial charge is 0.354 e. The summed E-state index contributed by atoms with van der Waals surface area (Å²) in [5, 5.41) is 0. The fourth-order valence-corrected chi connectivity index (χ4v) is 1.77.